The molecule has 0 saturated carbocycles. The van der Waals surface area contributed by atoms with Crippen LogP contribution in [0, 0.1) is 0 Å². The molecule has 0 atom stereocenters. The molecule has 3 rings (SSSR count). The van der Waals surface area contributed by atoms with Crippen LogP contribution in [-0.2, 0) is 20.2 Å². The van der Waals surface area contributed by atoms with Gasteiger partial charge in [0.2, 0.25) is 11.6 Å². The number of ketones is 2. The number of benzene rings is 2. The Morgan fingerprint density at radius 3 is 1.20 bits per heavy atom. The third-order valence-electron chi connectivity index (χ3n) is 4.53. The van der Waals surface area contributed by atoms with Gasteiger partial charge in [-0.25, -0.2) is 0 Å². The number of hydrogen-bond acceptors (Lipinski definition) is 10. The molecule has 0 saturated heterocycles. The van der Waals surface area contributed by atoms with Crippen molar-refractivity contribution >= 4 is 43.2 Å². The zero-order valence-electron chi connectivity index (χ0n) is 15.2. The fourth-order valence-corrected chi connectivity index (χ4v) is 4.47. The largest absolute Gasteiger partial charge is 0.506 e. The minimum atomic E-state index is -5.00. The molecular formula is C16H14N2O10S2. The quantitative estimate of drug-likeness (QED) is 0.233. The van der Waals surface area contributed by atoms with Gasteiger partial charge in [-0.1, -0.05) is 0 Å². The number of nitrogens with one attached hydrogen (secondary N) is 2. The van der Waals surface area contributed by atoms with Crippen LogP contribution in [0.1, 0.15) is 31.8 Å². The smallest absolute Gasteiger partial charge is 0.298 e. The third-order valence-corrected chi connectivity index (χ3v) is 6.27. The maximum atomic E-state index is 13.1. The lowest BCUT2D eigenvalue weighted by Crippen LogP contribution is -2.25. The molecule has 1 aliphatic rings. The zero-order valence-corrected chi connectivity index (χ0v) is 16.8. The summed E-state index contributed by atoms with van der Waals surface area (Å²) in [6.07, 6.45) is 0. The van der Waals surface area contributed by atoms with Crippen molar-refractivity contribution in [1.29, 1.82) is 0 Å². The van der Waals surface area contributed by atoms with Crippen molar-refractivity contribution in [2.75, 3.05) is 24.7 Å². The number of carbonyl (C=O) groups is 2. The number of carbonyl (C=O) groups excluding carboxylic acids is 2. The van der Waals surface area contributed by atoms with E-state index in [4.69, 9.17) is 0 Å². The second-order valence-corrected chi connectivity index (χ2v) is 8.93. The summed E-state index contributed by atoms with van der Waals surface area (Å²) in [5.41, 5.74) is -3.29. The molecule has 1 aliphatic carbocycles. The molecule has 0 heterocycles. The third kappa shape index (κ3) is 2.97. The van der Waals surface area contributed by atoms with Crippen molar-refractivity contribution in [2.24, 2.45) is 0 Å². The summed E-state index contributed by atoms with van der Waals surface area (Å²) in [6.45, 7) is 0. The van der Waals surface area contributed by atoms with Crippen LogP contribution in [0.15, 0.2) is 21.9 Å². The van der Waals surface area contributed by atoms with Crippen LogP contribution in [0.3, 0.4) is 0 Å². The minimum absolute atomic E-state index is 0.304. The molecule has 0 aromatic heterocycles. The maximum Gasteiger partial charge on any atom is 0.298 e. The Morgan fingerprint density at radius 2 is 0.967 bits per heavy atom. The van der Waals surface area contributed by atoms with Gasteiger partial charge in [-0.05, 0) is 12.1 Å². The van der Waals surface area contributed by atoms with Gasteiger partial charge in [0, 0.05) is 25.5 Å². The van der Waals surface area contributed by atoms with E-state index in [0.29, 0.717) is 12.1 Å². The summed E-state index contributed by atoms with van der Waals surface area (Å²) in [6, 6.07) is 1.39. The van der Waals surface area contributed by atoms with Gasteiger partial charge >= 0.3 is 0 Å². The van der Waals surface area contributed by atoms with E-state index in [2.05, 4.69) is 10.6 Å². The van der Waals surface area contributed by atoms with Crippen molar-refractivity contribution in [1.82, 2.24) is 0 Å². The lowest BCUT2D eigenvalue weighted by atomic mass is 9.81. The van der Waals surface area contributed by atoms with E-state index in [0.717, 1.165) is 0 Å². The number of anilines is 2. The Labute approximate surface area is 169 Å². The predicted molar refractivity (Wildman–Crippen MR) is 102 cm³/mol. The van der Waals surface area contributed by atoms with Crippen LogP contribution in [0.5, 0.6) is 11.5 Å². The maximum absolute atomic E-state index is 13.1. The molecule has 0 aliphatic heterocycles. The highest BCUT2D eigenvalue weighted by molar-refractivity contribution is 7.86. The molecule has 0 fully saturated rings. The number of fused-ring (bicyclic) bond motifs is 2. The second-order valence-electron chi connectivity index (χ2n) is 6.15. The Kier molecular flexibility index (Phi) is 4.78. The lowest BCUT2D eigenvalue weighted by molar-refractivity contribution is 0.0974. The van der Waals surface area contributed by atoms with Crippen molar-refractivity contribution < 1.29 is 45.7 Å². The zero-order chi connectivity index (χ0) is 22.8. The molecule has 12 nitrogen and oxygen atoms in total. The first-order valence-corrected chi connectivity index (χ1v) is 10.8. The summed E-state index contributed by atoms with van der Waals surface area (Å²) in [4.78, 5) is 24.2. The van der Waals surface area contributed by atoms with E-state index in [1.54, 1.807) is 0 Å². The van der Waals surface area contributed by atoms with Gasteiger partial charge in [-0.2, -0.15) is 16.8 Å². The van der Waals surface area contributed by atoms with Crippen LogP contribution in [0.4, 0.5) is 11.4 Å². The standard InChI is InChI=1S/C16H14N2O10S2/c1-17-5-3-7(29(23,24)25)13(19)11-9(5)15(21)12-10(16(11)22)6(18-2)4-8(14(12)20)30(26,27)28/h3-4,17-20H,1-2H3,(H,23,24,25)(H,26,27,28). The molecule has 160 valence electrons. The number of rotatable bonds is 4. The fraction of sp³-hybridized carbons (Fsp3) is 0.125. The Morgan fingerprint density at radius 1 is 0.667 bits per heavy atom. The van der Waals surface area contributed by atoms with E-state index < -0.39 is 75.3 Å². The van der Waals surface area contributed by atoms with Crippen molar-refractivity contribution in [3.05, 3.63) is 34.4 Å². The van der Waals surface area contributed by atoms with Crippen LogP contribution in [0.2, 0.25) is 0 Å². The molecular weight excluding hydrogens is 444 g/mol. The Bertz CT molecular complexity index is 1260. The highest BCUT2D eigenvalue weighted by Gasteiger charge is 2.42. The summed E-state index contributed by atoms with van der Waals surface area (Å²) >= 11 is 0. The normalized spacial score (nSPS) is 13.6. The van der Waals surface area contributed by atoms with E-state index in [1.807, 2.05) is 0 Å². The van der Waals surface area contributed by atoms with Crippen molar-refractivity contribution in [3.63, 3.8) is 0 Å². The monoisotopic (exact) mass is 458 g/mol. The van der Waals surface area contributed by atoms with Gasteiger partial charge < -0.3 is 20.8 Å². The highest BCUT2D eigenvalue weighted by atomic mass is 32.2. The SMILES string of the molecule is CNc1cc(S(=O)(=O)O)c(O)c2c1C(=O)c1c(O)c(S(=O)(=O)O)cc(NC)c1C2=O. The molecule has 0 spiro atoms. The summed E-state index contributed by atoms with van der Waals surface area (Å²) in [7, 11) is -7.49. The molecule has 30 heavy (non-hydrogen) atoms. The molecule has 14 heteroatoms. The number of aromatic hydroxyl groups is 2. The van der Waals surface area contributed by atoms with Crippen molar-refractivity contribution in [2.45, 2.75) is 9.79 Å². The van der Waals surface area contributed by atoms with E-state index in [1.165, 1.54) is 14.1 Å². The molecule has 2 aromatic rings. The van der Waals surface area contributed by atoms with Crippen molar-refractivity contribution in [3.8, 4) is 11.5 Å². The van der Waals surface area contributed by atoms with E-state index in [9.17, 15) is 45.7 Å². The van der Waals surface area contributed by atoms with Crippen LogP contribution in [-0.4, -0.2) is 61.8 Å². The highest BCUT2D eigenvalue weighted by Crippen LogP contribution is 2.46. The first kappa shape index (κ1) is 21.5. The average Bonchev–Trinajstić information content (AvgIpc) is 2.63. The predicted octanol–water partition coefficient (Wildman–Crippen LogP) is 0.450. The first-order valence-electron chi connectivity index (χ1n) is 7.95. The van der Waals surface area contributed by atoms with Crippen LogP contribution < -0.4 is 10.6 Å². The van der Waals surface area contributed by atoms with Gasteiger partial charge in [0.05, 0.1) is 22.3 Å². The molecule has 2 aromatic carbocycles. The van der Waals surface area contributed by atoms with Gasteiger partial charge in [0.1, 0.15) is 21.3 Å². The van der Waals surface area contributed by atoms with Crippen LogP contribution in [0.25, 0.3) is 0 Å². The molecule has 0 amide bonds. The first-order chi connectivity index (χ1) is 13.8. The summed E-state index contributed by atoms with van der Waals surface area (Å²) < 4.78 is 65.1. The van der Waals surface area contributed by atoms with E-state index in [-0.39, 0.29) is 11.4 Å². The van der Waals surface area contributed by atoms with Gasteiger partial charge in [0.15, 0.2) is 0 Å². The Hall–Kier alpha value is -3.20. The number of hydrogen-bond donors (Lipinski definition) is 6. The Balaban J connectivity index is 2.54. The van der Waals surface area contributed by atoms with Gasteiger partial charge in [-0.15, -0.1) is 0 Å². The van der Waals surface area contributed by atoms with Crippen LogP contribution >= 0.6 is 0 Å². The fourth-order valence-electron chi connectivity index (χ4n) is 3.25. The lowest BCUT2D eigenvalue weighted by Gasteiger charge is -2.25. The average molecular weight is 458 g/mol. The molecule has 6 N–H and O–H groups in total. The number of phenols is 2. The molecule has 0 radical (unpaired) electrons. The van der Waals surface area contributed by atoms with Gasteiger partial charge in [-0.3, -0.25) is 18.7 Å². The minimum Gasteiger partial charge on any atom is -0.506 e. The second kappa shape index (κ2) is 6.66. The number of phenolic OH excluding ortho intramolecular Hbond substituents is 2. The molecule has 0 unspecified atom stereocenters. The van der Waals surface area contributed by atoms with Gasteiger partial charge in [0.25, 0.3) is 20.2 Å². The summed E-state index contributed by atoms with van der Waals surface area (Å²) in [5, 5.41) is 25.6. The molecule has 0 bridgehead atoms. The summed E-state index contributed by atoms with van der Waals surface area (Å²) in [5.74, 6) is -4.67. The van der Waals surface area contributed by atoms with E-state index >= 15 is 0 Å². The topological polar surface area (TPSA) is 207 Å².